The van der Waals surface area contributed by atoms with Gasteiger partial charge >= 0.3 is 5.97 Å². The Morgan fingerprint density at radius 1 is 1.41 bits per heavy atom. The van der Waals surface area contributed by atoms with Crippen molar-refractivity contribution < 1.29 is 13.9 Å². The average Bonchev–Trinajstić information content (AvgIpc) is 2.30. The highest BCUT2D eigenvalue weighted by Crippen LogP contribution is 2.12. The van der Waals surface area contributed by atoms with Crippen LogP contribution in [0.3, 0.4) is 0 Å². The van der Waals surface area contributed by atoms with Crippen molar-refractivity contribution in [2.24, 2.45) is 0 Å². The number of esters is 1. The molecule has 0 saturated carbocycles. The molecule has 0 unspecified atom stereocenters. The second-order valence-electron chi connectivity index (χ2n) is 3.78. The van der Waals surface area contributed by atoms with Gasteiger partial charge in [0.1, 0.15) is 5.82 Å². The van der Waals surface area contributed by atoms with Crippen LogP contribution in [0.4, 0.5) is 4.39 Å². The lowest BCUT2D eigenvalue weighted by Gasteiger charge is -2.13. The number of hydrogen-bond acceptors (Lipinski definition) is 3. The van der Waals surface area contributed by atoms with Gasteiger partial charge in [-0.1, -0.05) is 12.1 Å². The van der Waals surface area contributed by atoms with Crippen LogP contribution in [0.1, 0.15) is 31.9 Å². The fraction of sp³-hybridized carbons (Fsp3) is 0.462. The minimum Gasteiger partial charge on any atom is -0.466 e. The molecule has 0 fully saturated rings. The van der Waals surface area contributed by atoms with E-state index in [0.29, 0.717) is 19.6 Å². The maximum Gasteiger partial charge on any atom is 0.307 e. The van der Waals surface area contributed by atoms with Crippen molar-refractivity contribution in [1.82, 2.24) is 5.32 Å². The second kappa shape index (κ2) is 7.01. The molecule has 3 nitrogen and oxygen atoms in total. The molecular weight excluding hydrogens is 221 g/mol. The summed E-state index contributed by atoms with van der Waals surface area (Å²) in [6, 6.07) is 6.41. The number of hydrogen-bond donors (Lipinski definition) is 1. The Balaban J connectivity index is 2.32. The molecule has 0 aromatic heterocycles. The van der Waals surface area contributed by atoms with Gasteiger partial charge < -0.3 is 10.1 Å². The third-order valence-electron chi connectivity index (χ3n) is 2.45. The van der Waals surface area contributed by atoms with Crippen molar-refractivity contribution in [3.63, 3.8) is 0 Å². The van der Waals surface area contributed by atoms with Gasteiger partial charge in [-0.05, 0) is 31.5 Å². The van der Waals surface area contributed by atoms with E-state index in [1.165, 1.54) is 12.1 Å². The second-order valence-corrected chi connectivity index (χ2v) is 3.78. The third-order valence-corrected chi connectivity index (χ3v) is 2.45. The smallest absolute Gasteiger partial charge is 0.307 e. The van der Waals surface area contributed by atoms with Crippen molar-refractivity contribution in [2.75, 3.05) is 13.2 Å². The fourth-order valence-corrected chi connectivity index (χ4v) is 1.49. The lowest BCUT2D eigenvalue weighted by atomic mass is 10.1. The normalized spacial score (nSPS) is 12.2. The zero-order chi connectivity index (χ0) is 12.7. The van der Waals surface area contributed by atoms with Gasteiger partial charge in [-0.15, -0.1) is 0 Å². The molecule has 0 bridgehead atoms. The average molecular weight is 239 g/mol. The Morgan fingerprint density at radius 3 is 2.65 bits per heavy atom. The van der Waals surface area contributed by atoms with Crippen molar-refractivity contribution >= 4 is 5.97 Å². The Bertz CT molecular complexity index is 351. The van der Waals surface area contributed by atoms with Crippen LogP contribution in [-0.4, -0.2) is 19.1 Å². The molecule has 0 saturated heterocycles. The minimum atomic E-state index is -0.243. The van der Waals surface area contributed by atoms with E-state index >= 15 is 0 Å². The number of ether oxygens (including phenoxy) is 1. The van der Waals surface area contributed by atoms with Gasteiger partial charge in [0.2, 0.25) is 0 Å². The first kappa shape index (κ1) is 13.6. The fourth-order valence-electron chi connectivity index (χ4n) is 1.49. The molecule has 0 spiro atoms. The van der Waals surface area contributed by atoms with Crippen LogP contribution in [-0.2, 0) is 9.53 Å². The predicted octanol–water partition coefficient (Wildman–Crippen LogP) is 2.43. The number of carbonyl (C=O) groups is 1. The summed E-state index contributed by atoms with van der Waals surface area (Å²) in [4.78, 5) is 11.1. The van der Waals surface area contributed by atoms with Crippen molar-refractivity contribution in [3.8, 4) is 0 Å². The standard InChI is InChI=1S/C13H18FNO2/c1-3-17-13(16)8-9-15-10(2)11-4-6-12(14)7-5-11/h4-7,10,15H,3,8-9H2,1-2H3/t10-/m0/s1. The van der Waals surface area contributed by atoms with Crippen LogP contribution in [0, 0.1) is 5.82 Å². The number of rotatable bonds is 6. The zero-order valence-electron chi connectivity index (χ0n) is 10.2. The van der Waals surface area contributed by atoms with Gasteiger partial charge in [-0.2, -0.15) is 0 Å². The molecule has 0 aliphatic rings. The molecule has 1 rings (SSSR count). The SMILES string of the molecule is CCOC(=O)CCN[C@@H](C)c1ccc(F)cc1. The van der Waals surface area contributed by atoms with Gasteiger partial charge in [0.15, 0.2) is 0 Å². The summed E-state index contributed by atoms with van der Waals surface area (Å²) in [5, 5.41) is 3.18. The quantitative estimate of drug-likeness (QED) is 0.775. The Hall–Kier alpha value is -1.42. The van der Waals surface area contributed by atoms with Crippen LogP contribution in [0.25, 0.3) is 0 Å². The first-order chi connectivity index (χ1) is 8.13. The summed E-state index contributed by atoms with van der Waals surface area (Å²) in [6.07, 6.45) is 0.347. The van der Waals surface area contributed by atoms with E-state index in [1.54, 1.807) is 19.1 Å². The zero-order valence-corrected chi connectivity index (χ0v) is 10.2. The van der Waals surface area contributed by atoms with E-state index in [9.17, 15) is 9.18 Å². The van der Waals surface area contributed by atoms with Gasteiger partial charge in [0.05, 0.1) is 13.0 Å². The molecule has 0 heterocycles. The first-order valence-corrected chi connectivity index (χ1v) is 5.78. The Kier molecular flexibility index (Phi) is 5.63. The molecule has 0 radical (unpaired) electrons. The van der Waals surface area contributed by atoms with Crippen molar-refractivity contribution in [1.29, 1.82) is 0 Å². The molecule has 0 aliphatic heterocycles. The van der Waals surface area contributed by atoms with Crippen LogP contribution >= 0.6 is 0 Å². The molecule has 1 aromatic rings. The van der Waals surface area contributed by atoms with E-state index in [0.717, 1.165) is 5.56 Å². The summed E-state index contributed by atoms with van der Waals surface area (Å²) in [5.74, 6) is -0.446. The molecule has 17 heavy (non-hydrogen) atoms. The molecule has 0 amide bonds. The first-order valence-electron chi connectivity index (χ1n) is 5.78. The summed E-state index contributed by atoms with van der Waals surface area (Å²) < 4.78 is 17.5. The maximum absolute atomic E-state index is 12.7. The van der Waals surface area contributed by atoms with Crippen LogP contribution in [0.5, 0.6) is 0 Å². The van der Waals surface area contributed by atoms with Crippen molar-refractivity contribution in [2.45, 2.75) is 26.3 Å². The summed E-state index contributed by atoms with van der Waals surface area (Å²) in [7, 11) is 0. The highest BCUT2D eigenvalue weighted by atomic mass is 19.1. The molecule has 4 heteroatoms. The maximum atomic E-state index is 12.7. The van der Waals surface area contributed by atoms with Gasteiger partial charge in [-0.3, -0.25) is 4.79 Å². The highest BCUT2D eigenvalue weighted by molar-refractivity contribution is 5.69. The predicted molar refractivity (Wildman–Crippen MR) is 64.1 cm³/mol. The number of carbonyl (C=O) groups excluding carboxylic acids is 1. The molecule has 0 aliphatic carbocycles. The molecular formula is C13H18FNO2. The Labute approximate surface area is 101 Å². The van der Waals surface area contributed by atoms with E-state index in [-0.39, 0.29) is 17.8 Å². The van der Waals surface area contributed by atoms with Crippen LogP contribution < -0.4 is 5.32 Å². The van der Waals surface area contributed by atoms with E-state index in [1.807, 2.05) is 6.92 Å². The van der Waals surface area contributed by atoms with E-state index in [2.05, 4.69) is 5.32 Å². The molecule has 1 N–H and O–H groups in total. The van der Waals surface area contributed by atoms with Gasteiger partial charge in [-0.25, -0.2) is 4.39 Å². The Morgan fingerprint density at radius 2 is 2.06 bits per heavy atom. The van der Waals surface area contributed by atoms with Crippen LogP contribution in [0.15, 0.2) is 24.3 Å². The third kappa shape index (κ3) is 4.95. The lowest BCUT2D eigenvalue weighted by Crippen LogP contribution is -2.22. The summed E-state index contributed by atoms with van der Waals surface area (Å²) in [5.41, 5.74) is 0.996. The monoisotopic (exact) mass is 239 g/mol. The molecule has 94 valence electrons. The number of nitrogens with one attached hydrogen (secondary N) is 1. The minimum absolute atomic E-state index is 0.0880. The lowest BCUT2D eigenvalue weighted by molar-refractivity contribution is -0.143. The van der Waals surface area contributed by atoms with Gasteiger partial charge in [0, 0.05) is 12.6 Å². The number of benzene rings is 1. The molecule has 1 atom stereocenters. The van der Waals surface area contributed by atoms with E-state index in [4.69, 9.17) is 4.74 Å². The summed E-state index contributed by atoms with van der Waals surface area (Å²) in [6.45, 7) is 4.72. The van der Waals surface area contributed by atoms with Gasteiger partial charge in [0.25, 0.3) is 0 Å². The largest absolute Gasteiger partial charge is 0.466 e. The molecule has 1 aromatic carbocycles. The van der Waals surface area contributed by atoms with E-state index < -0.39 is 0 Å². The summed E-state index contributed by atoms with van der Waals surface area (Å²) >= 11 is 0. The topological polar surface area (TPSA) is 38.3 Å². The number of halogens is 1. The highest BCUT2D eigenvalue weighted by Gasteiger charge is 2.06. The van der Waals surface area contributed by atoms with Crippen molar-refractivity contribution in [3.05, 3.63) is 35.6 Å². The van der Waals surface area contributed by atoms with Crippen LogP contribution in [0.2, 0.25) is 0 Å².